The zero-order valence-electron chi connectivity index (χ0n) is 12.0. The maximum atomic E-state index is 12.5. The Kier molecular flexibility index (Phi) is 5.97. The summed E-state index contributed by atoms with van der Waals surface area (Å²) in [5.41, 5.74) is 6.66. The van der Waals surface area contributed by atoms with Crippen molar-refractivity contribution in [1.82, 2.24) is 4.31 Å². The molecule has 0 saturated heterocycles. The van der Waals surface area contributed by atoms with Gasteiger partial charge in [-0.15, -0.1) is 0 Å². The maximum absolute atomic E-state index is 12.5. The molecule has 19 heavy (non-hydrogen) atoms. The predicted octanol–water partition coefficient (Wildman–Crippen LogP) is 2.00. The van der Waals surface area contributed by atoms with Crippen molar-refractivity contribution in [1.29, 1.82) is 0 Å². The molecule has 1 aromatic carbocycles. The number of hydrogen-bond donors (Lipinski definition) is 1. The first-order valence-corrected chi connectivity index (χ1v) is 8.18. The van der Waals surface area contributed by atoms with Crippen molar-refractivity contribution in [2.75, 3.05) is 13.1 Å². The van der Waals surface area contributed by atoms with Gasteiger partial charge in [0.1, 0.15) is 0 Å². The third-order valence-corrected chi connectivity index (χ3v) is 5.08. The smallest absolute Gasteiger partial charge is 0.243 e. The van der Waals surface area contributed by atoms with Gasteiger partial charge in [0, 0.05) is 19.1 Å². The second-order valence-corrected chi connectivity index (χ2v) is 6.78. The number of nitrogens with zero attached hydrogens (tertiary/aromatic N) is 1. The Morgan fingerprint density at radius 3 is 2.21 bits per heavy atom. The van der Waals surface area contributed by atoms with E-state index in [1.165, 1.54) is 4.31 Å². The third-order valence-electron chi connectivity index (χ3n) is 2.99. The van der Waals surface area contributed by atoms with Crippen LogP contribution in [0.25, 0.3) is 0 Å². The summed E-state index contributed by atoms with van der Waals surface area (Å²) in [4.78, 5) is 0.342. The minimum atomic E-state index is -3.44. The fourth-order valence-corrected chi connectivity index (χ4v) is 3.69. The Morgan fingerprint density at radius 2 is 1.79 bits per heavy atom. The summed E-state index contributed by atoms with van der Waals surface area (Å²) in [6.07, 6.45) is 2.02. The largest absolute Gasteiger partial charge is 0.329 e. The predicted molar refractivity (Wildman–Crippen MR) is 78.5 cm³/mol. The molecule has 2 N–H and O–H groups in total. The number of nitrogens with two attached hydrogens (primary N) is 1. The number of benzene rings is 1. The minimum absolute atomic E-state index is 0.0936. The highest BCUT2D eigenvalue weighted by Crippen LogP contribution is 2.18. The molecule has 0 bridgehead atoms. The molecule has 0 amide bonds. The molecule has 0 aliphatic heterocycles. The van der Waals surface area contributed by atoms with E-state index in [9.17, 15) is 8.42 Å². The molecular weight excluding hydrogens is 260 g/mol. The summed E-state index contributed by atoms with van der Waals surface area (Å²) >= 11 is 0. The second kappa shape index (κ2) is 7.03. The molecule has 108 valence electrons. The fourth-order valence-electron chi connectivity index (χ4n) is 2.04. The third kappa shape index (κ3) is 4.03. The van der Waals surface area contributed by atoms with E-state index in [2.05, 4.69) is 6.92 Å². The van der Waals surface area contributed by atoms with Crippen molar-refractivity contribution in [2.24, 2.45) is 5.73 Å². The Bertz CT molecular complexity index is 481. The molecule has 4 nitrogen and oxygen atoms in total. The second-order valence-electron chi connectivity index (χ2n) is 4.89. The van der Waals surface area contributed by atoms with Gasteiger partial charge >= 0.3 is 0 Å². The average Bonchev–Trinajstić information content (AvgIpc) is 2.36. The van der Waals surface area contributed by atoms with Gasteiger partial charge in [-0.2, -0.15) is 4.31 Å². The van der Waals surface area contributed by atoms with E-state index in [4.69, 9.17) is 5.73 Å². The van der Waals surface area contributed by atoms with Gasteiger partial charge in [-0.1, -0.05) is 25.5 Å². The lowest BCUT2D eigenvalue weighted by Gasteiger charge is -2.25. The lowest BCUT2D eigenvalue weighted by Crippen LogP contribution is -2.40. The first-order chi connectivity index (χ1) is 8.93. The zero-order valence-corrected chi connectivity index (χ0v) is 12.8. The van der Waals surface area contributed by atoms with E-state index in [0.717, 1.165) is 18.4 Å². The maximum Gasteiger partial charge on any atom is 0.243 e. The lowest BCUT2D eigenvalue weighted by molar-refractivity contribution is 0.361. The Hall–Kier alpha value is -0.910. The van der Waals surface area contributed by atoms with Gasteiger partial charge in [-0.25, -0.2) is 8.42 Å². The van der Waals surface area contributed by atoms with Crippen LogP contribution in [-0.2, 0) is 16.4 Å². The summed E-state index contributed by atoms with van der Waals surface area (Å²) in [6, 6.07) is 7.05. The normalized spacial score (nSPS) is 12.3. The summed E-state index contributed by atoms with van der Waals surface area (Å²) < 4.78 is 26.5. The van der Waals surface area contributed by atoms with Gasteiger partial charge in [0.15, 0.2) is 0 Å². The molecular formula is C14H24N2O2S. The molecule has 1 rings (SSSR count). The van der Waals surface area contributed by atoms with Gasteiger partial charge in [-0.3, -0.25) is 0 Å². The Labute approximate surface area is 116 Å². The molecule has 0 saturated carbocycles. The van der Waals surface area contributed by atoms with Gasteiger partial charge in [0.05, 0.1) is 4.90 Å². The molecule has 0 aliphatic carbocycles. The van der Waals surface area contributed by atoms with Crippen LogP contribution in [0.15, 0.2) is 29.2 Å². The topological polar surface area (TPSA) is 63.4 Å². The summed E-state index contributed by atoms with van der Waals surface area (Å²) in [6.45, 7) is 6.49. The summed E-state index contributed by atoms with van der Waals surface area (Å²) in [5.74, 6) is 0. The van der Waals surface area contributed by atoms with E-state index in [1.54, 1.807) is 12.1 Å². The standard InChI is InChI=1S/C14H24N2O2S/c1-4-5-13-6-8-14(9-7-13)19(17,18)16(11-10-15)12(2)3/h6-9,12H,4-5,10-11,15H2,1-3H3. The van der Waals surface area contributed by atoms with E-state index < -0.39 is 10.0 Å². The van der Waals surface area contributed by atoms with E-state index in [-0.39, 0.29) is 6.04 Å². The Balaban J connectivity index is 3.04. The van der Waals surface area contributed by atoms with Crippen LogP contribution in [0.1, 0.15) is 32.8 Å². The molecule has 5 heteroatoms. The van der Waals surface area contributed by atoms with Crippen LogP contribution >= 0.6 is 0 Å². The van der Waals surface area contributed by atoms with Gasteiger partial charge < -0.3 is 5.73 Å². The van der Waals surface area contributed by atoms with Crippen LogP contribution in [0.5, 0.6) is 0 Å². The quantitative estimate of drug-likeness (QED) is 0.833. The van der Waals surface area contributed by atoms with Crippen LogP contribution in [0.3, 0.4) is 0 Å². The molecule has 0 aromatic heterocycles. The van der Waals surface area contributed by atoms with Gasteiger partial charge in [0.2, 0.25) is 10.0 Å². The van der Waals surface area contributed by atoms with Crippen molar-refractivity contribution in [3.63, 3.8) is 0 Å². The molecule has 0 spiro atoms. The summed E-state index contributed by atoms with van der Waals surface area (Å²) in [7, 11) is -3.44. The molecule has 0 heterocycles. The average molecular weight is 284 g/mol. The van der Waals surface area contributed by atoms with Crippen LogP contribution in [0, 0.1) is 0 Å². The monoisotopic (exact) mass is 284 g/mol. The van der Waals surface area contributed by atoms with E-state index >= 15 is 0 Å². The van der Waals surface area contributed by atoms with Crippen LogP contribution in [-0.4, -0.2) is 31.9 Å². The SMILES string of the molecule is CCCc1ccc(S(=O)(=O)N(CCN)C(C)C)cc1. The number of sulfonamides is 1. The van der Waals surface area contributed by atoms with E-state index in [0.29, 0.717) is 18.0 Å². The molecule has 0 atom stereocenters. The number of hydrogen-bond acceptors (Lipinski definition) is 3. The van der Waals surface area contributed by atoms with Crippen molar-refractivity contribution in [3.05, 3.63) is 29.8 Å². The zero-order chi connectivity index (χ0) is 14.5. The van der Waals surface area contributed by atoms with Gasteiger partial charge in [-0.05, 0) is 38.0 Å². The number of aryl methyl sites for hydroxylation is 1. The van der Waals surface area contributed by atoms with Crippen molar-refractivity contribution < 1.29 is 8.42 Å². The van der Waals surface area contributed by atoms with Crippen LogP contribution in [0.2, 0.25) is 0 Å². The van der Waals surface area contributed by atoms with Crippen LogP contribution in [0.4, 0.5) is 0 Å². The molecule has 0 fully saturated rings. The van der Waals surface area contributed by atoms with Crippen molar-refractivity contribution in [3.8, 4) is 0 Å². The first-order valence-electron chi connectivity index (χ1n) is 6.74. The van der Waals surface area contributed by atoms with Crippen molar-refractivity contribution >= 4 is 10.0 Å². The van der Waals surface area contributed by atoms with Crippen LogP contribution < -0.4 is 5.73 Å². The molecule has 0 aliphatic rings. The summed E-state index contributed by atoms with van der Waals surface area (Å²) in [5, 5.41) is 0. The van der Waals surface area contributed by atoms with E-state index in [1.807, 2.05) is 26.0 Å². The lowest BCUT2D eigenvalue weighted by atomic mass is 10.1. The highest BCUT2D eigenvalue weighted by atomic mass is 32.2. The molecule has 0 unspecified atom stereocenters. The molecule has 1 aromatic rings. The first kappa shape index (κ1) is 16.1. The van der Waals surface area contributed by atoms with Gasteiger partial charge in [0.25, 0.3) is 0 Å². The fraction of sp³-hybridized carbons (Fsp3) is 0.571. The Morgan fingerprint density at radius 1 is 1.21 bits per heavy atom. The molecule has 0 radical (unpaired) electrons. The number of rotatable bonds is 7. The van der Waals surface area contributed by atoms with Crippen molar-refractivity contribution in [2.45, 2.75) is 44.6 Å². The minimum Gasteiger partial charge on any atom is -0.329 e. The highest BCUT2D eigenvalue weighted by Gasteiger charge is 2.25. The highest BCUT2D eigenvalue weighted by molar-refractivity contribution is 7.89.